The number of nitrogens with zero attached hydrogens (tertiary/aromatic N) is 1. The molecule has 0 amide bonds. The summed E-state index contributed by atoms with van der Waals surface area (Å²) in [6.07, 6.45) is 3.64. The first kappa shape index (κ1) is 17.5. The minimum atomic E-state index is -1.29. The summed E-state index contributed by atoms with van der Waals surface area (Å²) < 4.78 is 10.7. The van der Waals surface area contributed by atoms with Crippen molar-refractivity contribution in [3.63, 3.8) is 0 Å². The van der Waals surface area contributed by atoms with Gasteiger partial charge in [-0.15, -0.1) is 6.58 Å². The molecular weight excluding hydrogens is 278 g/mol. The zero-order chi connectivity index (χ0) is 16.4. The maximum Gasteiger partial charge on any atom is 0.327 e. The minimum absolute atomic E-state index is 0.210. The fourth-order valence-electron chi connectivity index (χ4n) is 2.14. The number of benzene rings is 1. The van der Waals surface area contributed by atoms with E-state index in [0.717, 1.165) is 5.56 Å². The molecule has 0 aliphatic heterocycles. The number of hydrogen-bond donors (Lipinski definition) is 0. The van der Waals surface area contributed by atoms with Crippen LogP contribution in [-0.4, -0.2) is 19.2 Å². The van der Waals surface area contributed by atoms with Gasteiger partial charge < -0.3 is 9.47 Å². The molecule has 0 radical (unpaired) electrons. The lowest BCUT2D eigenvalue weighted by atomic mass is 9.79. The van der Waals surface area contributed by atoms with Gasteiger partial charge in [0.25, 0.3) is 0 Å². The van der Waals surface area contributed by atoms with Crippen LogP contribution in [0.5, 0.6) is 5.75 Å². The van der Waals surface area contributed by atoms with Gasteiger partial charge in [0.1, 0.15) is 12.4 Å². The van der Waals surface area contributed by atoms with Crippen LogP contribution in [0, 0.1) is 16.7 Å². The van der Waals surface area contributed by atoms with Gasteiger partial charge in [0.2, 0.25) is 0 Å². The van der Waals surface area contributed by atoms with Crippen LogP contribution in [0.15, 0.2) is 49.6 Å². The van der Waals surface area contributed by atoms with Crippen LogP contribution in [0.2, 0.25) is 0 Å². The molecule has 0 spiro atoms. The maximum atomic E-state index is 12.3. The molecule has 4 nitrogen and oxygen atoms in total. The molecule has 0 saturated heterocycles. The van der Waals surface area contributed by atoms with E-state index in [2.05, 4.69) is 19.2 Å². The van der Waals surface area contributed by atoms with E-state index >= 15 is 0 Å². The highest BCUT2D eigenvalue weighted by Crippen LogP contribution is 2.32. The Labute approximate surface area is 131 Å². The normalized spacial score (nSPS) is 12.5. The summed E-state index contributed by atoms with van der Waals surface area (Å²) in [4.78, 5) is 12.3. The van der Waals surface area contributed by atoms with Crippen LogP contribution in [0.4, 0.5) is 0 Å². The SMILES string of the molecule is C=CCOc1ccccc1CC(C#N)(CC=C)C(=O)OCC. The van der Waals surface area contributed by atoms with Crippen LogP contribution in [0.1, 0.15) is 18.9 Å². The average molecular weight is 299 g/mol. The average Bonchev–Trinajstić information content (AvgIpc) is 2.53. The monoisotopic (exact) mass is 299 g/mol. The number of nitriles is 1. The molecule has 0 bridgehead atoms. The van der Waals surface area contributed by atoms with Crippen molar-refractivity contribution in [3.05, 3.63) is 55.1 Å². The predicted octanol–water partition coefficient (Wildman–Crippen LogP) is 3.44. The number of hydrogen-bond acceptors (Lipinski definition) is 4. The highest BCUT2D eigenvalue weighted by atomic mass is 16.5. The molecule has 0 aliphatic rings. The van der Waals surface area contributed by atoms with Gasteiger partial charge in [0.15, 0.2) is 5.41 Å². The topological polar surface area (TPSA) is 59.3 Å². The van der Waals surface area contributed by atoms with E-state index in [9.17, 15) is 10.1 Å². The second kappa shape index (κ2) is 8.68. The molecule has 0 aromatic heterocycles. The van der Waals surface area contributed by atoms with E-state index in [1.54, 1.807) is 25.1 Å². The number of ether oxygens (including phenoxy) is 2. The van der Waals surface area contributed by atoms with E-state index < -0.39 is 11.4 Å². The van der Waals surface area contributed by atoms with Crippen molar-refractivity contribution in [2.75, 3.05) is 13.2 Å². The molecule has 0 saturated carbocycles. The standard InChI is InChI=1S/C18H21NO3/c1-4-11-18(14-19,17(20)21-6-3)13-15-9-7-8-10-16(15)22-12-5-2/h4-5,7-10H,1-2,6,11-13H2,3H3. The number of para-hydroxylation sites is 1. The predicted molar refractivity (Wildman–Crippen MR) is 85.3 cm³/mol. The number of rotatable bonds is 9. The molecule has 0 N–H and O–H groups in total. The van der Waals surface area contributed by atoms with Gasteiger partial charge in [0, 0.05) is 6.42 Å². The van der Waals surface area contributed by atoms with Crippen LogP contribution in [0.25, 0.3) is 0 Å². The lowest BCUT2D eigenvalue weighted by molar-refractivity contribution is -0.151. The van der Waals surface area contributed by atoms with Gasteiger partial charge in [-0.1, -0.05) is 36.9 Å². The Kier molecular flexibility index (Phi) is 6.91. The Morgan fingerprint density at radius 1 is 1.36 bits per heavy atom. The minimum Gasteiger partial charge on any atom is -0.489 e. The van der Waals surface area contributed by atoms with Gasteiger partial charge >= 0.3 is 5.97 Å². The Bertz CT molecular complexity index is 574. The fourth-order valence-corrected chi connectivity index (χ4v) is 2.14. The molecule has 22 heavy (non-hydrogen) atoms. The summed E-state index contributed by atoms with van der Waals surface area (Å²) in [7, 11) is 0. The van der Waals surface area contributed by atoms with E-state index in [-0.39, 0.29) is 19.4 Å². The summed E-state index contributed by atoms with van der Waals surface area (Å²) in [5.41, 5.74) is -0.508. The second-order valence-corrected chi connectivity index (χ2v) is 4.79. The van der Waals surface area contributed by atoms with Gasteiger partial charge in [-0.25, -0.2) is 0 Å². The van der Waals surface area contributed by atoms with E-state index in [0.29, 0.717) is 12.4 Å². The zero-order valence-corrected chi connectivity index (χ0v) is 12.9. The van der Waals surface area contributed by atoms with E-state index in [4.69, 9.17) is 9.47 Å². The van der Waals surface area contributed by atoms with Gasteiger partial charge in [-0.05, 0) is 25.0 Å². The van der Waals surface area contributed by atoms with Gasteiger partial charge in [-0.2, -0.15) is 5.26 Å². The van der Waals surface area contributed by atoms with Crippen molar-refractivity contribution < 1.29 is 14.3 Å². The molecule has 1 aromatic carbocycles. The Morgan fingerprint density at radius 3 is 2.68 bits per heavy atom. The molecule has 0 fully saturated rings. The molecule has 1 aromatic rings. The third-order valence-corrected chi connectivity index (χ3v) is 3.19. The summed E-state index contributed by atoms with van der Waals surface area (Å²) in [5, 5.41) is 9.58. The van der Waals surface area contributed by atoms with Crippen molar-refractivity contribution in [1.29, 1.82) is 5.26 Å². The molecule has 1 rings (SSSR count). The molecule has 116 valence electrons. The lowest BCUT2D eigenvalue weighted by Gasteiger charge is -2.24. The van der Waals surface area contributed by atoms with Crippen molar-refractivity contribution in [2.24, 2.45) is 5.41 Å². The van der Waals surface area contributed by atoms with Crippen molar-refractivity contribution in [1.82, 2.24) is 0 Å². The smallest absolute Gasteiger partial charge is 0.327 e. The largest absolute Gasteiger partial charge is 0.489 e. The molecule has 0 aliphatic carbocycles. The van der Waals surface area contributed by atoms with E-state index in [1.165, 1.54) is 0 Å². The Balaban J connectivity index is 3.14. The first-order valence-electron chi connectivity index (χ1n) is 7.14. The third kappa shape index (κ3) is 4.23. The summed E-state index contributed by atoms with van der Waals surface area (Å²) in [6, 6.07) is 9.44. The quantitative estimate of drug-likeness (QED) is 0.517. The van der Waals surface area contributed by atoms with Crippen LogP contribution in [-0.2, 0) is 16.0 Å². The Morgan fingerprint density at radius 2 is 2.09 bits per heavy atom. The molecule has 1 atom stereocenters. The number of carbonyl (C=O) groups excluding carboxylic acids is 1. The summed E-state index contributed by atoms with van der Waals surface area (Å²) in [6.45, 7) is 9.57. The number of allylic oxidation sites excluding steroid dienone is 1. The zero-order valence-electron chi connectivity index (χ0n) is 12.9. The molecule has 4 heteroatoms. The third-order valence-electron chi connectivity index (χ3n) is 3.19. The highest BCUT2D eigenvalue weighted by molar-refractivity contribution is 5.81. The highest BCUT2D eigenvalue weighted by Gasteiger charge is 2.40. The van der Waals surface area contributed by atoms with Gasteiger partial charge in [0.05, 0.1) is 12.7 Å². The number of carbonyl (C=O) groups is 1. The maximum absolute atomic E-state index is 12.3. The lowest BCUT2D eigenvalue weighted by Crippen LogP contribution is -2.33. The number of esters is 1. The first-order chi connectivity index (χ1) is 10.6. The van der Waals surface area contributed by atoms with Gasteiger partial charge in [-0.3, -0.25) is 4.79 Å². The fraction of sp³-hybridized carbons (Fsp3) is 0.333. The van der Waals surface area contributed by atoms with Crippen molar-refractivity contribution in [2.45, 2.75) is 19.8 Å². The molecule has 1 unspecified atom stereocenters. The first-order valence-corrected chi connectivity index (χ1v) is 7.14. The van der Waals surface area contributed by atoms with E-state index in [1.807, 2.05) is 18.2 Å². The summed E-state index contributed by atoms with van der Waals surface area (Å²) in [5.74, 6) is 0.103. The van der Waals surface area contributed by atoms with Crippen molar-refractivity contribution >= 4 is 5.97 Å². The molecule has 0 heterocycles. The molecular formula is C18H21NO3. The van der Waals surface area contributed by atoms with Crippen LogP contribution >= 0.6 is 0 Å². The summed E-state index contributed by atoms with van der Waals surface area (Å²) >= 11 is 0. The van der Waals surface area contributed by atoms with Crippen LogP contribution < -0.4 is 4.74 Å². The van der Waals surface area contributed by atoms with Crippen molar-refractivity contribution in [3.8, 4) is 11.8 Å². The van der Waals surface area contributed by atoms with Crippen LogP contribution in [0.3, 0.4) is 0 Å². The Hall–Kier alpha value is -2.54. The second-order valence-electron chi connectivity index (χ2n) is 4.79.